The van der Waals surface area contributed by atoms with Crippen LogP contribution in [0.1, 0.15) is 19.8 Å². The van der Waals surface area contributed by atoms with Crippen molar-refractivity contribution in [3.8, 4) is 5.75 Å². The van der Waals surface area contributed by atoms with Crippen LogP contribution in [0.5, 0.6) is 5.75 Å². The highest BCUT2D eigenvalue weighted by atomic mass is 16.5. The van der Waals surface area contributed by atoms with Gasteiger partial charge in [0.2, 0.25) is 5.91 Å². The first kappa shape index (κ1) is 16.6. The van der Waals surface area contributed by atoms with E-state index in [0.29, 0.717) is 6.42 Å². The third kappa shape index (κ3) is 4.63. The van der Waals surface area contributed by atoms with Gasteiger partial charge in [-0.05, 0) is 25.1 Å². The van der Waals surface area contributed by atoms with Gasteiger partial charge in [-0.15, -0.1) is 0 Å². The summed E-state index contributed by atoms with van der Waals surface area (Å²) >= 11 is 0. The second-order valence-corrected chi connectivity index (χ2v) is 5.56. The van der Waals surface area contributed by atoms with Crippen LogP contribution >= 0.6 is 0 Å². The summed E-state index contributed by atoms with van der Waals surface area (Å²) in [4.78, 5) is 16.0. The van der Waals surface area contributed by atoms with Gasteiger partial charge in [-0.25, -0.2) is 0 Å². The minimum absolute atomic E-state index is 0.140. The van der Waals surface area contributed by atoms with Crippen molar-refractivity contribution >= 4 is 11.6 Å². The number of rotatable bonds is 7. The van der Waals surface area contributed by atoms with Crippen LogP contribution in [-0.4, -0.2) is 57.2 Å². The summed E-state index contributed by atoms with van der Waals surface area (Å²) in [6.45, 7) is 7.85. The molecule has 2 rings (SSSR count). The van der Waals surface area contributed by atoms with E-state index in [1.165, 1.54) is 5.69 Å². The normalized spacial score (nSPS) is 15.6. The Kier molecular flexibility index (Phi) is 6.52. The number of hydrogen-bond donors (Lipinski definition) is 1. The molecule has 1 aliphatic rings. The standard InChI is InChI=1S/C17H27N3O2/c1-3-17(21)18-9-6-10-19-11-13-20(14-12-19)15-7-4-5-8-16(15)22-2/h4-5,7-8H,3,6,9-14H2,1-2H3,(H,18,21). The molecule has 0 spiro atoms. The summed E-state index contributed by atoms with van der Waals surface area (Å²) in [5.41, 5.74) is 1.18. The second-order valence-electron chi connectivity index (χ2n) is 5.56. The molecule has 5 heteroatoms. The quantitative estimate of drug-likeness (QED) is 0.779. The van der Waals surface area contributed by atoms with Crippen molar-refractivity contribution in [1.29, 1.82) is 0 Å². The average molecular weight is 305 g/mol. The summed E-state index contributed by atoms with van der Waals surface area (Å²) in [5.74, 6) is 1.08. The molecule has 122 valence electrons. The Morgan fingerprint density at radius 2 is 1.95 bits per heavy atom. The van der Waals surface area contributed by atoms with Gasteiger partial charge in [0, 0.05) is 39.1 Å². The molecule has 1 fully saturated rings. The third-order valence-corrected chi connectivity index (χ3v) is 4.09. The largest absolute Gasteiger partial charge is 0.495 e. The van der Waals surface area contributed by atoms with E-state index in [2.05, 4.69) is 27.2 Å². The van der Waals surface area contributed by atoms with Crippen LogP contribution in [0.15, 0.2) is 24.3 Å². The number of carbonyl (C=O) groups excluding carboxylic acids is 1. The van der Waals surface area contributed by atoms with Crippen LogP contribution < -0.4 is 15.0 Å². The molecule has 1 amide bonds. The van der Waals surface area contributed by atoms with E-state index in [4.69, 9.17) is 4.74 Å². The molecule has 1 aromatic carbocycles. The van der Waals surface area contributed by atoms with Crippen LogP contribution in [0.2, 0.25) is 0 Å². The van der Waals surface area contributed by atoms with Crippen LogP contribution in [0, 0.1) is 0 Å². The Balaban J connectivity index is 1.73. The van der Waals surface area contributed by atoms with Gasteiger partial charge in [-0.1, -0.05) is 19.1 Å². The fourth-order valence-corrected chi connectivity index (χ4v) is 2.76. The number of ether oxygens (including phenoxy) is 1. The summed E-state index contributed by atoms with van der Waals surface area (Å²) in [5, 5.41) is 2.93. The summed E-state index contributed by atoms with van der Waals surface area (Å²) in [7, 11) is 1.72. The Morgan fingerprint density at radius 1 is 1.23 bits per heavy atom. The molecule has 1 aliphatic heterocycles. The van der Waals surface area contributed by atoms with Gasteiger partial charge in [0.25, 0.3) is 0 Å². The topological polar surface area (TPSA) is 44.8 Å². The van der Waals surface area contributed by atoms with Gasteiger partial charge in [0.15, 0.2) is 0 Å². The van der Waals surface area contributed by atoms with E-state index < -0.39 is 0 Å². The van der Waals surface area contributed by atoms with E-state index >= 15 is 0 Å². The van der Waals surface area contributed by atoms with E-state index in [9.17, 15) is 4.79 Å². The second kappa shape index (κ2) is 8.63. The maximum Gasteiger partial charge on any atom is 0.219 e. The van der Waals surface area contributed by atoms with Crippen molar-refractivity contribution in [2.24, 2.45) is 0 Å². The fourth-order valence-electron chi connectivity index (χ4n) is 2.76. The maximum atomic E-state index is 11.2. The molecule has 0 aromatic heterocycles. The first-order chi connectivity index (χ1) is 10.7. The fraction of sp³-hybridized carbons (Fsp3) is 0.588. The minimum Gasteiger partial charge on any atom is -0.495 e. The van der Waals surface area contributed by atoms with Crippen molar-refractivity contribution in [2.45, 2.75) is 19.8 Å². The molecule has 0 radical (unpaired) electrons. The molecule has 1 saturated heterocycles. The smallest absolute Gasteiger partial charge is 0.219 e. The van der Waals surface area contributed by atoms with Gasteiger partial charge < -0.3 is 15.0 Å². The monoisotopic (exact) mass is 305 g/mol. The first-order valence-electron chi connectivity index (χ1n) is 8.11. The molecule has 5 nitrogen and oxygen atoms in total. The van der Waals surface area contributed by atoms with Gasteiger partial charge in [0.05, 0.1) is 12.8 Å². The van der Waals surface area contributed by atoms with Crippen molar-refractivity contribution in [3.63, 3.8) is 0 Å². The summed E-state index contributed by atoms with van der Waals surface area (Å²) in [6.07, 6.45) is 1.58. The molecule has 1 N–H and O–H groups in total. The molecule has 1 heterocycles. The van der Waals surface area contributed by atoms with E-state index in [-0.39, 0.29) is 5.91 Å². The molecule has 0 unspecified atom stereocenters. The third-order valence-electron chi connectivity index (χ3n) is 4.09. The predicted octanol–water partition coefficient (Wildman–Crippen LogP) is 1.73. The lowest BCUT2D eigenvalue weighted by molar-refractivity contribution is -0.120. The van der Waals surface area contributed by atoms with E-state index in [1.807, 2.05) is 19.1 Å². The van der Waals surface area contributed by atoms with Crippen LogP contribution in [-0.2, 0) is 4.79 Å². The molecule has 0 atom stereocenters. The predicted molar refractivity (Wildman–Crippen MR) is 89.6 cm³/mol. The number of hydrogen-bond acceptors (Lipinski definition) is 4. The molecule has 22 heavy (non-hydrogen) atoms. The molecule has 0 saturated carbocycles. The SMILES string of the molecule is CCC(=O)NCCCN1CCN(c2ccccc2OC)CC1. The van der Waals surface area contributed by atoms with E-state index in [0.717, 1.165) is 51.4 Å². The Bertz CT molecular complexity index is 471. The van der Waals surface area contributed by atoms with E-state index in [1.54, 1.807) is 7.11 Å². The van der Waals surface area contributed by atoms with Crippen LogP contribution in [0.3, 0.4) is 0 Å². The average Bonchev–Trinajstić information content (AvgIpc) is 2.59. The lowest BCUT2D eigenvalue weighted by Gasteiger charge is -2.36. The molecule has 0 bridgehead atoms. The van der Waals surface area contributed by atoms with Crippen molar-refractivity contribution in [3.05, 3.63) is 24.3 Å². The lowest BCUT2D eigenvalue weighted by atomic mass is 10.2. The lowest BCUT2D eigenvalue weighted by Crippen LogP contribution is -2.47. The number of para-hydroxylation sites is 2. The van der Waals surface area contributed by atoms with Gasteiger partial charge in [-0.3, -0.25) is 9.69 Å². The molecule has 1 aromatic rings. The van der Waals surface area contributed by atoms with Gasteiger partial charge in [-0.2, -0.15) is 0 Å². The zero-order chi connectivity index (χ0) is 15.8. The summed E-state index contributed by atoms with van der Waals surface area (Å²) < 4.78 is 5.44. The number of methoxy groups -OCH3 is 1. The number of piperazine rings is 1. The van der Waals surface area contributed by atoms with Crippen LogP contribution in [0.25, 0.3) is 0 Å². The zero-order valence-corrected chi connectivity index (χ0v) is 13.7. The molecule has 0 aliphatic carbocycles. The zero-order valence-electron chi connectivity index (χ0n) is 13.7. The highest BCUT2D eigenvalue weighted by molar-refractivity contribution is 5.75. The van der Waals surface area contributed by atoms with Crippen molar-refractivity contribution < 1.29 is 9.53 Å². The van der Waals surface area contributed by atoms with Gasteiger partial charge in [0.1, 0.15) is 5.75 Å². The highest BCUT2D eigenvalue weighted by Crippen LogP contribution is 2.28. The Labute approximate surface area is 133 Å². The highest BCUT2D eigenvalue weighted by Gasteiger charge is 2.18. The number of anilines is 1. The Morgan fingerprint density at radius 3 is 2.64 bits per heavy atom. The number of nitrogens with zero attached hydrogens (tertiary/aromatic N) is 2. The first-order valence-corrected chi connectivity index (χ1v) is 8.11. The van der Waals surface area contributed by atoms with Crippen molar-refractivity contribution in [2.75, 3.05) is 51.3 Å². The molecular weight excluding hydrogens is 278 g/mol. The Hall–Kier alpha value is -1.75. The van der Waals surface area contributed by atoms with Gasteiger partial charge >= 0.3 is 0 Å². The number of amides is 1. The maximum absolute atomic E-state index is 11.2. The number of carbonyl (C=O) groups is 1. The minimum atomic E-state index is 0.140. The number of nitrogens with one attached hydrogen (secondary N) is 1. The van der Waals surface area contributed by atoms with Crippen LogP contribution in [0.4, 0.5) is 5.69 Å². The molecular formula is C17H27N3O2. The van der Waals surface area contributed by atoms with Crippen molar-refractivity contribution in [1.82, 2.24) is 10.2 Å². The number of benzene rings is 1. The summed E-state index contributed by atoms with van der Waals surface area (Å²) in [6, 6.07) is 8.19.